The molecule has 0 aliphatic rings. The molecule has 2 heteroatoms. The van der Waals surface area contributed by atoms with Crippen molar-refractivity contribution in [2.24, 2.45) is 0 Å². The Morgan fingerprint density at radius 3 is 1.95 bits per heavy atom. The highest BCUT2D eigenvalue weighted by Gasteiger charge is 2.05. The van der Waals surface area contributed by atoms with Gasteiger partial charge in [0, 0.05) is 5.56 Å². The van der Waals surface area contributed by atoms with Gasteiger partial charge < -0.3 is 4.79 Å². The third-order valence-electron chi connectivity index (χ3n) is 2.93. The van der Waals surface area contributed by atoms with Crippen LogP contribution < -0.4 is 0 Å². The SMILES string of the molecule is CC(=O)c1cc(Cc2ccccc2)ccc1C.CC(C)=O. The molecule has 0 heterocycles. The molecule has 2 aromatic rings. The number of benzene rings is 2. The van der Waals surface area contributed by atoms with Crippen molar-refractivity contribution >= 4 is 11.6 Å². The number of aryl methyl sites for hydroxylation is 1. The Morgan fingerprint density at radius 2 is 1.43 bits per heavy atom. The lowest BCUT2D eigenvalue weighted by Gasteiger charge is -2.06. The molecule has 2 nitrogen and oxygen atoms in total. The van der Waals surface area contributed by atoms with Crippen LogP contribution in [0.2, 0.25) is 0 Å². The fourth-order valence-electron chi connectivity index (χ4n) is 1.99. The zero-order valence-electron chi connectivity index (χ0n) is 13.1. The fourth-order valence-corrected chi connectivity index (χ4v) is 1.99. The summed E-state index contributed by atoms with van der Waals surface area (Å²) in [6, 6.07) is 16.4. The van der Waals surface area contributed by atoms with E-state index < -0.39 is 0 Å². The van der Waals surface area contributed by atoms with Crippen LogP contribution in [0.1, 0.15) is 47.8 Å². The van der Waals surface area contributed by atoms with Gasteiger partial charge in [0.05, 0.1) is 0 Å². The first-order chi connectivity index (χ1) is 9.90. The van der Waals surface area contributed by atoms with Gasteiger partial charge in [-0.2, -0.15) is 0 Å². The number of carbonyl (C=O) groups excluding carboxylic acids is 2. The molecule has 0 amide bonds. The van der Waals surface area contributed by atoms with E-state index in [1.807, 2.05) is 37.3 Å². The molecule has 0 aliphatic carbocycles. The largest absolute Gasteiger partial charge is 0.300 e. The summed E-state index contributed by atoms with van der Waals surface area (Å²) >= 11 is 0. The van der Waals surface area contributed by atoms with E-state index in [0.29, 0.717) is 0 Å². The highest BCUT2D eigenvalue weighted by Crippen LogP contribution is 2.15. The Morgan fingerprint density at radius 1 is 0.857 bits per heavy atom. The van der Waals surface area contributed by atoms with Gasteiger partial charge in [-0.1, -0.05) is 42.5 Å². The number of Topliss-reactive ketones (excluding diaryl/α,β-unsaturated/α-hetero) is 2. The van der Waals surface area contributed by atoms with Crippen LogP contribution in [0.25, 0.3) is 0 Å². The maximum absolute atomic E-state index is 11.5. The van der Waals surface area contributed by atoms with Crippen LogP contribution in [0.5, 0.6) is 0 Å². The van der Waals surface area contributed by atoms with E-state index in [4.69, 9.17) is 0 Å². The van der Waals surface area contributed by atoms with Crippen molar-refractivity contribution in [3.05, 3.63) is 70.8 Å². The van der Waals surface area contributed by atoms with Crippen molar-refractivity contribution in [2.75, 3.05) is 0 Å². The van der Waals surface area contributed by atoms with Crippen molar-refractivity contribution in [1.29, 1.82) is 0 Å². The van der Waals surface area contributed by atoms with Gasteiger partial charge in [-0.15, -0.1) is 0 Å². The Labute approximate surface area is 126 Å². The minimum Gasteiger partial charge on any atom is -0.300 e. The average molecular weight is 282 g/mol. The quantitative estimate of drug-likeness (QED) is 0.783. The molecule has 2 aromatic carbocycles. The number of hydrogen-bond acceptors (Lipinski definition) is 2. The predicted molar refractivity (Wildman–Crippen MR) is 86.8 cm³/mol. The highest BCUT2D eigenvalue weighted by atomic mass is 16.1. The van der Waals surface area contributed by atoms with Crippen LogP contribution in [0, 0.1) is 6.92 Å². The maximum atomic E-state index is 11.5. The number of rotatable bonds is 3. The van der Waals surface area contributed by atoms with Crippen LogP contribution in [0.15, 0.2) is 48.5 Å². The lowest BCUT2D eigenvalue weighted by molar-refractivity contribution is -0.114. The van der Waals surface area contributed by atoms with E-state index in [1.54, 1.807) is 6.92 Å². The molecule has 0 saturated heterocycles. The minimum absolute atomic E-state index is 0.136. The molecule has 0 saturated carbocycles. The van der Waals surface area contributed by atoms with Gasteiger partial charge in [0.15, 0.2) is 5.78 Å². The smallest absolute Gasteiger partial charge is 0.160 e. The second-order valence-corrected chi connectivity index (χ2v) is 5.28. The van der Waals surface area contributed by atoms with Gasteiger partial charge in [-0.05, 0) is 56.9 Å². The van der Waals surface area contributed by atoms with Gasteiger partial charge in [0.2, 0.25) is 0 Å². The predicted octanol–water partition coefficient (Wildman–Crippen LogP) is 4.38. The standard InChI is InChI=1S/C16H16O.C3H6O/c1-12-8-9-15(11-16(12)13(2)17)10-14-6-4-3-5-7-14;1-3(2)4/h3-9,11H,10H2,1-2H3;1-2H3. The summed E-state index contributed by atoms with van der Waals surface area (Å²) in [6.07, 6.45) is 0.876. The third-order valence-corrected chi connectivity index (χ3v) is 2.93. The van der Waals surface area contributed by atoms with Crippen LogP contribution in [-0.4, -0.2) is 11.6 Å². The molecule has 0 unspecified atom stereocenters. The van der Waals surface area contributed by atoms with Crippen LogP contribution >= 0.6 is 0 Å². The van der Waals surface area contributed by atoms with E-state index in [9.17, 15) is 9.59 Å². The molecular formula is C19H22O2. The first-order valence-corrected chi connectivity index (χ1v) is 7.01. The summed E-state index contributed by atoms with van der Waals surface area (Å²) in [5.41, 5.74) is 4.34. The molecule has 0 atom stereocenters. The van der Waals surface area contributed by atoms with Crippen molar-refractivity contribution in [2.45, 2.75) is 34.1 Å². The molecule has 0 radical (unpaired) electrons. The first-order valence-electron chi connectivity index (χ1n) is 7.01. The van der Waals surface area contributed by atoms with E-state index in [-0.39, 0.29) is 11.6 Å². The first kappa shape index (κ1) is 16.8. The molecular weight excluding hydrogens is 260 g/mol. The van der Waals surface area contributed by atoms with Crippen molar-refractivity contribution in [3.63, 3.8) is 0 Å². The summed E-state index contributed by atoms with van der Waals surface area (Å²) < 4.78 is 0. The van der Waals surface area contributed by atoms with Crippen molar-refractivity contribution in [1.82, 2.24) is 0 Å². The molecule has 2 rings (SSSR count). The third kappa shape index (κ3) is 6.17. The second kappa shape index (κ2) is 8.15. The summed E-state index contributed by atoms with van der Waals surface area (Å²) in [4.78, 5) is 20.9. The van der Waals surface area contributed by atoms with E-state index >= 15 is 0 Å². The topological polar surface area (TPSA) is 34.1 Å². The van der Waals surface area contributed by atoms with Crippen LogP contribution in [0.4, 0.5) is 0 Å². The molecule has 0 aromatic heterocycles. The van der Waals surface area contributed by atoms with Gasteiger partial charge in [0.25, 0.3) is 0 Å². The van der Waals surface area contributed by atoms with Gasteiger partial charge in [-0.25, -0.2) is 0 Å². The Kier molecular flexibility index (Phi) is 6.54. The molecule has 0 spiro atoms. The molecule has 110 valence electrons. The molecule has 0 bridgehead atoms. The summed E-state index contributed by atoms with van der Waals surface area (Å²) in [5, 5.41) is 0. The Bertz CT molecular complexity index is 609. The molecule has 0 N–H and O–H groups in total. The lowest BCUT2D eigenvalue weighted by Crippen LogP contribution is -1.98. The zero-order chi connectivity index (χ0) is 15.8. The zero-order valence-corrected chi connectivity index (χ0v) is 13.1. The van der Waals surface area contributed by atoms with E-state index in [2.05, 4.69) is 18.2 Å². The van der Waals surface area contributed by atoms with Crippen LogP contribution in [0.3, 0.4) is 0 Å². The minimum atomic E-state index is 0.136. The summed E-state index contributed by atoms with van der Waals surface area (Å²) in [5.74, 6) is 0.303. The summed E-state index contributed by atoms with van der Waals surface area (Å²) in [6.45, 7) is 6.65. The van der Waals surface area contributed by atoms with Gasteiger partial charge in [-0.3, -0.25) is 4.79 Å². The van der Waals surface area contributed by atoms with Gasteiger partial charge >= 0.3 is 0 Å². The van der Waals surface area contributed by atoms with Gasteiger partial charge in [0.1, 0.15) is 5.78 Å². The second-order valence-electron chi connectivity index (χ2n) is 5.28. The molecule has 0 fully saturated rings. The number of carbonyl (C=O) groups is 2. The molecule has 21 heavy (non-hydrogen) atoms. The van der Waals surface area contributed by atoms with E-state index in [1.165, 1.54) is 25.0 Å². The maximum Gasteiger partial charge on any atom is 0.160 e. The van der Waals surface area contributed by atoms with Crippen molar-refractivity contribution in [3.8, 4) is 0 Å². The molecule has 0 aliphatic heterocycles. The lowest BCUT2D eigenvalue weighted by atomic mass is 9.98. The number of ketones is 2. The Balaban J connectivity index is 0.000000491. The van der Waals surface area contributed by atoms with E-state index in [0.717, 1.165) is 17.5 Å². The fraction of sp³-hybridized carbons (Fsp3) is 0.263. The van der Waals surface area contributed by atoms with Crippen molar-refractivity contribution < 1.29 is 9.59 Å². The average Bonchev–Trinajstić information content (AvgIpc) is 2.41. The monoisotopic (exact) mass is 282 g/mol. The van der Waals surface area contributed by atoms with Crippen LogP contribution in [-0.2, 0) is 11.2 Å². The normalized spacial score (nSPS) is 9.52. The highest BCUT2D eigenvalue weighted by molar-refractivity contribution is 5.95. The summed E-state index contributed by atoms with van der Waals surface area (Å²) in [7, 11) is 0. The number of hydrogen-bond donors (Lipinski definition) is 0. The Hall–Kier alpha value is -2.22.